The molecule has 31 heavy (non-hydrogen) atoms. The molecule has 2 amide bonds. The number of fused-ring (bicyclic) bond motifs is 1. The van der Waals surface area contributed by atoms with Crippen LogP contribution < -0.4 is 14.9 Å². The second-order valence-electron chi connectivity index (χ2n) is 8.05. The van der Waals surface area contributed by atoms with Gasteiger partial charge in [0.05, 0.1) is 18.2 Å². The molecule has 2 aliphatic rings. The van der Waals surface area contributed by atoms with Gasteiger partial charge in [-0.25, -0.2) is 21.1 Å². The molecule has 3 rings (SSSR count). The average Bonchev–Trinajstić information content (AvgIpc) is 2.70. The molecule has 0 radical (unpaired) electrons. The molecule has 2 N–H and O–H groups in total. The molecule has 0 unspecified atom stereocenters. The second kappa shape index (κ2) is 9.13. The standard InChI is InChI=1S/C19H28N4O6S2/c1-30(26,27)22-10-7-14(8-11-22)13-20-18(24)19(25)21-16-6-5-15-4-3-9-23(17(15)12-16)31(2,28)29/h5-6,12,14H,3-4,7-11,13H2,1-2H3,(H,20,24)(H,21,25). The van der Waals surface area contributed by atoms with Crippen LogP contribution in [0, 0.1) is 5.92 Å². The Morgan fingerprint density at radius 3 is 2.29 bits per heavy atom. The minimum absolute atomic E-state index is 0.0989. The number of benzene rings is 1. The molecule has 2 aliphatic heterocycles. The Bertz CT molecular complexity index is 1060. The lowest BCUT2D eigenvalue weighted by Gasteiger charge is -2.30. The van der Waals surface area contributed by atoms with E-state index >= 15 is 0 Å². The van der Waals surface area contributed by atoms with E-state index in [1.807, 2.05) is 0 Å². The first kappa shape index (κ1) is 23.5. The van der Waals surface area contributed by atoms with Crippen molar-refractivity contribution in [2.45, 2.75) is 25.7 Å². The third-order valence-electron chi connectivity index (χ3n) is 5.62. The van der Waals surface area contributed by atoms with Gasteiger partial charge >= 0.3 is 11.8 Å². The molecule has 0 spiro atoms. The first-order valence-corrected chi connectivity index (χ1v) is 13.8. The van der Waals surface area contributed by atoms with Crippen LogP contribution in [0.2, 0.25) is 0 Å². The average molecular weight is 473 g/mol. The maximum atomic E-state index is 12.3. The molecule has 0 bridgehead atoms. The third kappa shape index (κ3) is 5.95. The minimum atomic E-state index is -3.43. The van der Waals surface area contributed by atoms with E-state index < -0.39 is 31.9 Å². The van der Waals surface area contributed by atoms with Gasteiger partial charge in [-0.1, -0.05) is 6.07 Å². The largest absolute Gasteiger partial charge is 0.348 e. The van der Waals surface area contributed by atoms with E-state index in [0.717, 1.165) is 24.7 Å². The first-order valence-electron chi connectivity index (χ1n) is 10.1. The molecule has 1 saturated heterocycles. The van der Waals surface area contributed by atoms with Gasteiger partial charge in [0.2, 0.25) is 20.0 Å². The highest BCUT2D eigenvalue weighted by Gasteiger charge is 2.27. The zero-order valence-corrected chi connectivity index (χ0v) is 19.3. The van der Waals surface area contributed by atoms with Crippen LogP contribution >= 0.6 is 0 Å². The minimum Gasteiger partial charge on any atom is -0.348 e. The molecule has 172 valence electrons. The quantitative estimate of drug-likeness (QED) is 0.585. The number of hydrogen-bond acceptors (Lipinski definition) is 6. The molecule has 0 aromatic heterocycles. The molecule has 12 heteroatoms. The monoisotopic (exact) mass is 472 g/mol. The lowest BCUT2D eigenvalue weighted by Crippen LogP contribution is -2.43. The maximum absolute atomic E-state index is 12.3. The van der Waals surface area contributed by atoms with Gasteiger partial charge in [0.1, 0.15) is 0 Å². The lowest BCUT2D eigenvalue weighted by atomic mass is 9.98. The zero-order chi connectivity index (χ0) is 22.8. The maximum Gasteiger partial charge on any atom is 0.313 e. The zero-order valence-electron chi connectivity index (χ0n) is 17.6. The fraction of sp³-hybridized carbons (Fsp3) is 0.579. The number of sulfonamides is 2. The molecular weight excluding hydrogens is 444 g/mol. The number of piperidine rings is 1. The fourth-order valence-electron chi connectivity index (χ4n) is 3.91. The predicted molar refractivity (Wildman–Crippen MR) is 118 cm³/mol. The summed E-state index contributed by atoms with van der Waals surface area (Å²) in [6, 6.07) is 4.98. The topological polar surface area (TPSA) is 133 Å². The number of carbonyl (C=O) groups is 2. The Hall–Kier alpha value is -2.18. The molecule has 10 nitrogen and oxygen atoms in total. The van der Waals surface area contributed by atoms with Crippen LogP contribution in [-0.2, 0) is 36.1 Å². The van der Waals surface area contributed by atoms with Gasteiger partial charge in [0, 0.05) is 31.9 Å². The number of rotatable bonds is 5. The number of nitrogens with zero attached hydrogens (tertiary/aromatic N) is 2. The molecule has 1 aromatic rings. The summed E-state index contributed by atoms with van der Waals surface area (Å²) in [5.74, 6) is -1.53. The summed E-state index contributed by atoms with van der Waals surface area (Å²) in [5.41, 5.74) is 1.74. The number of aryl methyl sites for hydroxylation is 1. The van der Waals surface area contributed by atoms with Crippen molar-refractivity contribution in [1.29, 1.82) is 0 Å². The number of amides is 2. The summed E-state index contributed by atoms with van der Waals surface area (Å²) in [6.07, 6.45) is 5.00. The molecule has 0 saturated carbocycles. The van der Waals surface area contributed by atoms with Crippen LogP contribution in [0.25, 0.3) is 0 Å². The van der Waals surface area contributed by atoms with Crippen LogP contribution in [0.5, 0.6) is 0 Å². The Kier molecular flexibility index (Phi) is 6.92. The van der Waals surface area contributed by atoms with Gasteiger partial charge in [-0.05, 0) is 49.3 Å². The Balaban J connectivity index is 1.55. The van der Waals surface area contributed by atoms with Crippen molar-refractivity contribution < 1.29 is 26.4 Å². The van der Waals surface area contributed by atoms with E-state index in [1.165, 1.54) is 14.9 Å². The van der Waals surface area contributed by atoms with Crippen molar-refractivity contribution >= 4 is 43.2 Å². The van der Waals surface area contributed by atoms with Crippen molar-refractivity contribution in [3.05, 3.63) is 23.8 Å². The first-order chi connectivity index (χ1) is 14.4. The van der Waals surface area contributed by atoms with Crippen molar-refractivity contribution in [3.63, 3.8) is 0 Å². The molecule has 1 fully saturated rings. The third-order valence-corrected chi connectivity index (χ3v) is 8.10. The normalized spacial score (nSPS) is 18.3. The lowest BCUT2D eigenvalue weighted by molar-refractivity contribution is -0.136. The molecular formula is C19H28N4O6S2. The summed E-state index contributed by atoms with van der Waals surface area (Å²) >= 11 is 0. The Labute approximate surface area is 183 Å². The van der Waals surface area contributed by atoms with Crippen molar-refractivity contribution in [1.82, 2.24) is 9.62 Å². The number of hydrogen-bond donors (Lipinski definition) is 2. The van der Waals surface area contributed by atoms with Crippen molar-refractivity contribution in [2.24, 2.45) is 5.92 Å². The van der Waals surface area contributed by atoms with E-state index in [9.17, 15) is 26.4 Å². The highest BCUT2D eigenvalue weighted by atomic mass is 32.2. The van der Waals surface area contributed by atoms with E-state index in [0.29, 0.717) is 43.9 Å². The smallest absolute Gasteiger partial charge is 0.313 e. The summed E-state index contributed by atoms with van der Waals surface area (Å²) < 4.78 is 49.9. The molecule has 2 heterocycles. The van der Waals surface area contributed by atoms with Crippen molar-refractivity contribution in [3.8, 4) is 0 Å². The van der Waals surface area contributed by atoms with E-state index in [-0.39, 0.29) is 12.5 Å². The van der Waals surface area contributed by atoms with Gasteiger partial charge in [-0.2, -0.15) is 0 Å². The molecule has 0 aliphatic carbocycles. The van der Waals surface area contributed by atoms with Crippen LogP contribution in [-0.4, -0.2) is 71.6 Å². The summed E-state index contributed by atoms with van der Waals surface area (Å²) in [7, 11) is -6.64. The number of anilines is 2. The fourth-order valence-corrected chi connectivity index (χ4v) is 5.78. The highest BCUT2D eigenvalue weighted by molar-refractivity contribution is 7.92. The Morgan fingerprint density at radius 2 is 1.68 bits per heavy atom. The second-order valence-corrected chi connectivity index (χ2v) is 11.9. The summed E-state index contributed by atoms with van der Waals surface area (Å²) in [4.78, 5) is 24.5. The van der Waals surface area contributed by atoms with Gasteiger partial charge in [-0.3, -0.25) is 13.9 Å². The van der Waals surface area contributed by atoms with E-state index in [2.05, 4.69) is 10.6 Å². The van der Waals surface area contributed by atoms with E-state index in [1.54, 1.807) is 18.2 Å². The van der Waals surface area contributed by atoms with Gasteiger partial charge in [0.25, 0.3) is 0 Å². The SMILES string of the molecule is CS(=O)(=O)N1CCC(CNC(=O)C(=O)Nc2ccc3c(c2)N(S(C)(=O)=O)CCC3)CC1. The van der Waals surface area contributed by atoms with Crippen LogP contribution in [0.4, 0.5) is 11.4 Å². The summed E-state index contributed by atoms with van der Waals surface area (Å²) in [6.45, 7) is 1.47. The predicted octanol–water partition coefficient (Wildman–Crippen LogP) is 0.125. The van der Waals surface area contributed by atoms with E-state index in [4.69, 9.17) is 0 Å². The van der Waals surface area contributed by atoms with Gasteiger partial charge < -0.3 is 10.6 Å². The Morgan fingerprint density at radius 1 is 1.00 bits per heavy atom. The van der Waals surface area contributed by atoms with Crippen LogP contribution in [0.15, 0.2) is 18.2 Å². The molecule has 0 atom stereocenters. The molecule has 1 aromatic carbocycles. The van der Waals surface area contributed by atoms with Gasteiger partial charge in [-0.15, -0.1) is 0 Å². The highest BCUT2D eigenvalue weighted by Crippen LogP contribution is 2.31. The summed E-state index contributed by atoms with van der Waals surface area (Å²) in [5, 5.41) is 5.11. The van der Waals surface area contributed by atoms with Crippen LogP contribution in [0.3, 0.4) is 0 Å². The van der Waals surface area contributed by atoms with Gasteiger partial charge in [0.15, 0.2) is 0 Å². The van der Waals surface area contributed by atoms with Crippen molar-refractivity contribution in [2.75, 3.05) is 48.3 Å². The van der Waals surface area contributed by atoms with Crippen LogP contribution in [0.1, 0.15) is 24.8 Å². The number of nitrogens with one attached hydrogen (secondary N) is 2. The number of carbonyl (C=O) groups excluding carboxylic acids is 2.